The lowest BCUT2D eigenvalue weighted by atomic mass is 9.86. The van der Waals surface area contributed by atoms with Gasteiger partial charge in [0.1, 0.15) is 17.2 Å². The Morgan fingerprint density at radius 3 is 2.54 bits per heavy atom. The van der Waals surface area contributed by atoms with Gasteiger partial charge in [0.2, 0.25) is 0 Å². The number of allylic oxidation sites excluding steroid dienone is 1. The van der Waals surface area contributed by atoms with Crippen molar-refractivity contribution in [1.29, 1.82) is 0 Å². The van der Waals surface area contributed by atoms with Gasteiger partial charge in [-0.05, 0) is 58.7 Å². The van der Waals surface area contributed by atoms with Crippen LogP contribution in [0.15, 0.2) is 48.2 Å². The van der Waals surface area contributed by atoms with Crippen LogP contribution in [0, 0.1) is 0 Å². The van der Waals surface area contributed by atoms with Crippen LogP contribution >= 0.6 is 0 Å². The Labute approximate surface area is 139 Å². The van der Waals surface area contributed by atoms with Crippen molar-refractivity contribution in [2.24, 2.45) is 0 Å². The number of aliphatic hydroxyl groups excluding tert-OH is 1. The third-order valence-corrected chi connectivity index (χ3v) is 5.01. The van der Waals surface area contributed by atoms with E-state index in [0.717, 1.165) is 51.8 Å². The molecule has 0 fully saturated rings. The summed E-state index contributed by atoms with van der Waals surface area (Å²) in [6, 6.07) is 13.6. The Morgan fingerprint density at radius 1 is 0.833 bits per heavy atom. The fourth-order valence-corrected chi connectivity index (χ4v) is 3.79. The van der Waals surface area contributed by atoms with E-state index in [1.54, 1.807) is 12.1 Å². The molecule has 1 heterocycles. The molecule has 0 spiro atoms. The number of aromatic hydroxyl groups is 1. The molecule has 3 heteroatoms. The molecule has 2 aliphatic rings. The first-order valence-corrected chi connectivity index (χ1v) is 8.16. The number of rotatable bonds is 0. The summed E-state index contributed by atoms with van der Waals surface area (Å²) in [5.41, 5.74) is 4.53. The van der Waals surface area contributed by atoms with Crippen LogP contribution in [0.3, 0.4) is 0 Å². The van der Waals surface area contributed by atoms with Crippen LogP contribution in [0.1, 0.15) is 28.7 Å². The van der Waals surface area contributed by atoms with Crippen LogP contribution in [0.5, 0.6) is 17.2 Å². The SMILES string of the molecule is OC1=Cc2c(ccc3c2Cc2c(ccc4ccc(O)cc24)O3)CC1. The number of hydrogen-bond donors (Lipinski definition) is 2. The lowest BCUT2D eigenvalue weighted by Gasteiger charge is -2.26. The van der Waals surface area contributed by atoms with Gasteiger partial charge >= 0.3 is 0 Å². The summed E-state index contributed by atoms with van der Waals surface area (Å²) in [6.07, 6.45) is 4.15. The minimum atomic E-state index is 0.259. The maximum Gasteiger partial charge on any atom is 0.131 e. The van der Waals surface area contributed by atoms with Gasteiger partial charge in [0, 0.05) is 24.0 Å². The second-order valence-corrected chi connectivity index (χ2v) is 6.48. The highest BCUT2D eigenvalue weighted by Crippen LogP contribution is 2.44. The first kappa shape index (κ1) is 13.5. The number of phenols is 1. The zero-order valence-corrected chi connectivity index (χ0v) is 13.0. The monoisotopic (exact) mass is 316 g/mol. The van der Waals surface area contributed by atoms with Gasteiger partial charge in [-0.3, -0.25) is 0 Å². The first-order valence-electron chi connectivity index (χ1n) is 8.16. The van der Waals surface area contributed by atoms with Crippen molar-refractivity contribution in [2.75, 3.05) is 0 Å². The van der Waals surface area contributed by atoms with Gasteiger partial charge in [-0.2, -0.15) is 0 Å². The minimum absolute atomic E-state index is 0.259. The van der Waals surface area contributed by atoms with Crippen LogP contribution < -0.4 is 4.74 Å². The standard InChI is InChI=1S/C21H16O3/c22-14-5-1-12-3-7-20-18(16(12)9-14)11-19-17-10-15(23)6-2-13(17)4-8-21(19)24-20/h1,3-5,7-10,22-23H,2,6,11H2. The maximum atomic E-state index is 9.95. The van der Waals surface area contributed by atoms with Gasteiger partial charge in [0.25, 0.3) is 0 Å². The zero-order chi connectivity index (χ0) is 16.3. The van der Waals surface area contributed by atoms with Crippen LogP contribution in [0.25, 0.3) is 16.8 Å². The smallest absolute Gasteiger partial charge is 0.131 e. The Morgan fingerprint density at radius 2 is 1.62 bits per heavy atom. The van der Waals surface area contributed by atoms with Gasteiger partial charge in [-0.15, -0.1) is 0 Å². The molecule has 0 saturated carbocycles. The lowest BCUT2D eigenvalue weighted by Crippen LogP contribution is -2.09. The van der Waals surface area contributed by atoms with Crippen LogP contribution in [0.4, 0.5) is 0 Å². The molecule has 0 radical (unpaired) electrons. The van der Waals surface area contributed by atoms with Crippen molar-refractivity contribution >= 4 is 16.8 Å². The average molecular weight is 316 g/mol. The number of aryl methyl sites for hydroxylation is 1. The second-order valence-electron chi connectivity index (χ2n) is 6.48. The highest BCUT2D eigenvalue weighted by atomic mass is 16.5. The van der Waals surface area contributed by atoms with Crippen LogP contribution in [-0.2, 0) is 12.8 Å². The van der Waals surface area contributed by atoms with E-state index in [4.69, 9.17) is 4.74 Å². The van der Waals surface area contributed by atoms with Gasteiger partial charge in [0.05, 0.1) is 5.76 Å². The maximum absolute atomic E-state index is 9.95. The molecule has 0 atom stereocenters. The molecule has 0 amide bonds. The van der Waals surface area contributed by atoms with Gasteiger partial charge in [0.15, 0.2) is 0 Å². The molecule has 0 unspecified atom stereocenters. The summed E-state index contributed by atoms with van der Waals surface area (Å²) in [6.45, 7) is 0. The Kier molecular flexibility index (Phi) is 2.69. The van der Waals surface area contributed by atoms with E-state index in [9.17, 15) is 10.2 Å². The summed E-state index contributed by atoms with van der Waals surface area (Å²) < 4.78 is 6.13. The molecule has 0 bridgehead atoms. The van der Waals surface area contributed by atoms with Crippen molar-refractivity contribution in [3.05, 3.63) is 70.5 Å². The van der Waals surface area contributed by atoms with Crippen LogP contribution in [0.2, 0.25) is 0 Å². The molecular weight excluding hydrogens is 300 g/mol. The van der Waals surface area contributed by atoms with E-state index in [2.05, 4.69) is 6.07 Å². The number of hydrogen-bond acceptors (Lipinski definition) is 3. The van der Waals surface area contributed by atoms with Crippen LogP contribution in [-0.4, -0.2) is 10.2 Å². The molecular formula is C21H16O3. The predicted octanol–water partition coefficient (Wildman–Crippen LogP) is 5.09. The number of ether oxygens (including phenoxy) is 1. The summed E-state index contributed by atoms with van der Waals surface area (Å²) in [4.78, 5) is 0. The number of benzene rings is 3. The van der Waals surface area contributed by atoms with Crippen molar-refractivity contribution < 1.29 is 14.9 Å². The van der Waals surface area contributed by atoms with Crippen molar-refractivity contribution in [1.82, 2.24) is 0 Å². The number of fused-ring (bicyclic) bond motifs is 6. The van der Waals surface area contributed by atoms with E-state index in [1.165, 1.54) is 5.56 Å². The second kappa shape index (κ2) is 4.78. The molecule has 5 rings (SSSR count). The minimum Gasteiger partial charge on any atom is -0.512 e. The number of aliphatic hydroxyl groups is 1. The zero-order valence-electron chi connectivity index (χ0n) is 13.0. The highest BCUT2D eigenvalue weighted by Gasteiger charge is 2.24. The molecule has 3 aromatic rings. The fourth-order valence-electron chi connectivity index (χ4n) is 3.79. The molecule has 24 heavy (non-hydrogen) atoms. The summed E-state index contributed by atoms with van der Waals surface area (Å²) in [5, 5.41) is 21.9. The topological polar surface area (TPSA) is 49.7 Å². The van der Waals surface area contributed by atoms with E-state index >= 15 is 0 Å². The quantitative estimate of drug-likeness (QED) is 0.475. The van der Waals surface area contributed by atoms with E-state index in [0.29, 0.717) is 12.2 Å². The predicted molar refractivity (Wildman–Crippen MR) is 93.9 cm³/mol. The first-order chi connectivity index (χ1) is 11.7. The van der Waals surface area contributed by atoms with Gasteiger partial charge in [-0.1, -0.05) is 18.2 Å². The van der Waals surface area contributed by atoms with Gasteiger partial charge < -0.3 is 14.9 Å². The molecule has 118 valence electrons. The average Bonchev–Trinajstić information content (AvgIpc) is 2.60. The van der Waals surface area contributed by atoms with E-state index in [1.807, 2.05) is 30.3 Å². The third-order valence-electron chi connectivity index (χ3n) is 5.01. The van der Waals surface area contributed by atoms with Gasteiger partial charge in [-0.25, -0.2) is 0 Å². The number of phenolic OH excluding ortho intramolecular Hbond substituents is 1. The summed E-state index contributed by atoms with van der Waals surface area (Å²) in [7, 11) is 0. The van der Waals surface area contributed by atoms with Crippen molar-refractivity contribution in [3.8, 4) is 17.2 Å². The van der Waals surface area contributed by atoms with E-state index in [-0.39, 0.29) is 5.75 Å². The van der Waals surface area contributed by atoms with Crippen molar-refractivity contribution in [2.45, 2.75) is 19.3 Å². The summed E-state index contributed by atoms with van der Waals surface area (Å²) in [5.74, 6) is 2.38. The molecule has 0 saturated heterocycles. The molecule has 3 nitrogen and oxygen atoms in total. The molecule has 1 aliphatic carbocycles. The molecule has 3 aromatic carbocycles. The summed E-state index contributed by atoms with van der Waals surface area (Å²) >= 11 is 0. The third kappa shape index (κ3) is 1.91. The molecule has 1 aliphatic heterocycles. The lowest BCUT2D eigenvalue weighted by molar-refractivity contribution is 0.391. The molecule has 0 aromatic heterocycles. The largest absolute Gasteiger partial charge is 0.512 e. The highest BCUT2D eigenvalue weighted by molar-refractivity contribution is 5.90. The van der Waals surface area contributed by atoms with Crippen molar-refractivity contribution in [3.63, 3.8) is 0 Å². The Balaban J connectivity index is 1.74. The Hall–Kier alpha value is -2.94. The molecule has 2 N–H and O–H groups in total. The fraction of sp³-hybridized carbons (Fsp3) is 0.143. The Bertz CT molecular complexity index is 1030. The normalized spacial score (nSPS) is 15.1. The van der Waals surface area contributed by atoms with E-state index < -0.39 is 0 Å².